The Hall–Kier alpha value is -0.570. The lowest BCUT2D eigenvalue weighted by atomic mass is 9.79. The van der Waals surface area contributed by atoms with Crippen molar-refractivity contribution in [1.82, 2.24) is 20.4 Å². The number of nitrogens with zero attached hydrogens (tertiary/aromatic N) is 3. The van der Waals surface area contributed by atoms with Crippen LogP contribution in [0.1, 0.15) is 33.1 Å². The molecule has 2 aliphatic heterocycles. The zero-order chi connectivity index (χ0) is 16.2. The Morgan fingerprint density at radius 2 is 2.26 bits per heavy atom. The largest absolute Gasteiger partial charge is 0.355 e. The predicted octanol–water partition coefficient (Wildman–Crippen LogP) is 1.12. The van der Waals surface area contributed by atoms with E-state index in [1.54, 1.807) is 0 Å². The second-order valence-corrected chi connectivity index (χ2v) is 7.03. The molecule has 0 aliphatic carbocycles. The summed E-state index contributed by atoms with van der Waals surface area (Å²) in [5, 5.41) is 6.47. The van der Waals surface area contributed by atoms with E-state index in [1.807, 2.05) is 7.05 Å². The lowest BCUT2D eigenvalue weighted by Crippen LogP contribution is -2.52. The minimum atomic E-state index is 0. The monoisotopic (exact) mass is 437 g/mol. The van der Waals surface area contributed by atoms with E-state index in [0.717, 1.165) is 51.5 Å². The third kappa shape index (κ3) is 5.48. The van der Waals surface area contributed by atoms with Crippen LogP contribution in [0.3, 0.4) is 0 Å². The Kier molecular flexibility index (Phi) is 8.06. The van der Waals surface area contributed by atoms with Gasteiger partial charge >= 0.3 is 0 Å². The molecule has 1 amide bonds. The Balaban J connectivity index is 0.00000264. The molecule has 0 radical (unpaired) electrons. The fourth-order valence-corrected chi connectivity index (χ4v) is 3.36. The quantitative estimate of drug-likeness (QED) is 0.393. The van der Waals surface area contributed by atoms with Crippen LogP contribution in [0.25, 0.3) is 0 Å². The van der Waals surface area contributed by atoms with E-state index >= 15 is 0 Å². The van der Waals surface area contributed by atoms with Gasteiger partial charge in [-0.25, -0.2) is 0 Å². The second-order valence-electron chi connectivity index (χ2n) is 7.03. The smallest absolute Gasteiger partial charge is 0.220 e. The van der Waals surface area contributed by atoms with Gasteiger partial charge in [-0.15, -0.1) is 24.0 Å². The second kappa shape index (κ2) is 9.05. The summed E-state index contributed by atoms with van der Waals surface area (Å²) in [6.45, 7) is 9.05. The van der Waals surface area contributed by atoms with Crippen LogP contribution in [-0.2, 0) is 4.79 Å². The number of likely N-dealkylation sites (N-methyl/N-ethyl adjacent to an activating group) is 1. The van der Waals surface area contributed by atoms with Crippen molar-refractivity contribution in [3.05, 3.63) is 0 Å². The average molecular weight is 437 g/mol. The Morgan fingerprint density at radius 1 is 1.52 bits per heavy atom. The van der Waals surface area contributed by atoms with E-state index in [9.17, 15) is 4.79 Å². The summed E-state index contributed by atoms with van der Waals surface area (Å²) in [6, 6.07) is 0.553. The zero-order valence-corrected chi connectivity index (χ0v) is 17.2. The number of rotatable bonds is 4. The number of carbonyl (C=O) groups is 1. The van der Waals surface area contributed by atoms with Crippen LogP contribution in [-0.4, -0.2) is 74.5 Å². The van der Waals surface area contributed by atoms with Gasteiger partial charge in [0.1, 0.15) is 0 Å². The first-order valence-corrected chi connectivity index (χ1v) is 8.38. The SMILES string of the molecule is CN=C(NCCN(C)C(C)C)N1CCCC2(CNC(=O)C2)C1.I. The van der Waals surface area contributed by atoms with E-state index in [-0.39, 0.29) is 35.3 Å². The van der Waals surface area contributed by atoms with Crippen LogP contribution in [0.4, 0.5) is 0 Å². The molecule has 2 fully saturated rings. The number of hydrogen-bond donors (Lipinski definition) is 2. The number of halogens is 1. The van der Waals surface area contributed by atoms with Crippen LogP contribution >= 0.6 is 24.0 Å². The molecule has 2 N–H and O–H groups in total. The third-order valence-corrected chi connectivity index (χ3v) is 5.00. The highest BCUT2D eigenvalue weighted by atomic mass is 127. The van der Waals surface area contributed by atoms with E-state index in [2.05, 4.69) is 46.3 Å². The average Bonchev–Trinajstić information content (AvgIpc) is 2.83. The van der Waals surface area contributed by atoms with E-state index < -0.39 is 0 Å². The van der Waals surface area contributed by atoms with Gasteiger partial charge in [0.2, 0.25) is 5.91 Å². The molecule has 1 spiro atoms. The molecule has 134 valence electrons. The predicted molar refractivity (Wildman–Crippen MR) is 105 cm³/mol. The Morgan fingerprint density at radius 3 is 2.83 bits per heavy atom. The molecule has 1 atom stereocenters. The van der Waals surface area contributed by atoms with Gasteiger partial charge in [-0.2, -0.15) is 0 Å². The lowest BCUT2D eigenvalue weighted by molar-refractivity contribution is -0.119. The van der Waals surface area contributed by atoms with Crippen molar-refractivity contribution in [1.29, 1.82) is 0 Å². The fourth-order valence-electron chi connectivity index (χ4n) is 3.36. The molecule has 2 rings (SSSR count). The topological polar surface area (TPSA) is 60.0 Å². The highest BCUT2D eigenvalue weighted by Gasteiger charge is 2.42. The summed E-state index contributed by atoms with van der Waals surface area (Å²) >= 11 is 0. The number of likely N-dealkylation sites (tertiary alicyclic amines) is 1. The summed E-state index contributed by atoms with van der Waals surface area (Å²) < 4.78 is 0. The summed E-state index contributed by atoms with van der Waals surface area (Å²) in [5.74, 6) is 1.17. The van der Waals surface area contributed by atoms with Crippen molar-refractivity contribution in [2.75, 3.05) is 46.8 Å². The molecule has 23 heavy (non-hydrogen) atoms. The first-order chi connectivity index (χ1) is 10.5. The zero-order valence-electron chi connectivity index (χ0n) is 14.9. The lowest BCUT2D eigenvalue weighted by Gasteiger charge is -2.41. The van der Waals surface area contributed by atoms with Crippen molar-refractivity contribution < 1.29 is 4.79 Å². The van der Waals surface area contributed by atoms with Crippen LogP contribution < -0.4 is 10.6 Å². The van der Waals surface area contributed by atoms with Gasteiger partial charge in [-0.1, -0.05) is 0 Å². The van der Waals surface area contributed by atoms with Crippen molar-refractivity contribution in [3.8, 4) is 0 Å². The van der Waals surface area contributed by atoms with Crippen LogP contribution in [0, 0.1) is 5.41 Å². The number of hydrogen-bond acceptors (Lipinski definition) is 3. The fraction of sp³-hybridized carbons (Fsp3) is 0.875. The number of aliphatic imine (C=N–C) groups is 1. The van der Waals surface area contributed by atoms with Crippen molar-refractivity contribution in [2.24, 2.45) is 10.4 Å². The van der Waals surface area contributed by atoms with Gasteiger partial charge in [0, 0.05) is 57.6 Å². The minimum Gasteiger partial charge on any atom is -0.355 e. The number of guanidine groups is 1. The number of nitrogens with one attached hydrogen (secondary N) is 2. The van der Waals surface area contributed by atoms with Gasteiger partial charge < -0.3 is 20.4 Å². The van der Waals surface area contributed by atoms with Crippen molar-refractivity contribution in [3.63, 3.8) is 0 Å². The summed E-state index contributed by atoms with van der Waals surface area (Å²) in [4.78, 5) is 20.7. The molecule has 1 unspecified atom stereocenters. The van der Waals surface area contributed by atoms with Gasteiger partial charge in [0.05, 0.1) is 0 Å². The van der Waals surface area contributed by atoms with Crippen LogP contribution in [0.5, 0.6) is 0 Å². The van der Waals surface area contributed by atoms with E-state index in [4.69, 9.17) is 0 Å². The molecular formula is C16H32IN5O. The Labute approximate surface area is 157 Å². The summed E-state index contributed by atoms with van der Waals surface area (Å²) in [6.07, 6.45) is 2.92. The van der Waals surface area contributed by atoms with Gasteiger partial charge in [0.15, 0.2) is 5.96 Å². The molecular weight excluding hydrogens is 405 g/mol. The van der Waals surface area contributed by atoms with E-state index in [0.29, 0.717) is 12.5 Å². The number of carbonyl (C=O) groups excluding carboxylic acids is 1. The molecule has 2 aliphatic rings. The van der Waals surface area contributed by atoms with Crippen molar-refractivity contribution in [2.45, 2.75) is 39.2 Å². The molecule has 0 bridgehead atoms. The van der Waals surface area contributed by atoms with Crippen LogP contribution in [0.15, 0.2) is 4.99 Å². The maximum atomic E-state index is 11.6. The Bertz CT molecular complexity index is 429. The molecule has 0 aromatic carbocycles. The molecule has 0 saturated carbocycles. The molecule has 7 heteroatoms. The maximum Gasteiger partial charge on any atom is 0.220 e. The molecule has 6 nitrogen and oxygen atoms in total. The minimum absolute atomic E-state index is 0. The van der Waals surface area contributed by atoms with Gasteiger partial charge in [-0.3, -0.25) is 9.79 Å². The van der Waals surface area contributed by atoms with Crippen molar-refractivity contribution >= 4 is 35.8 Å². The molecule has 2 heterocycles. The first-order valence-electron chi connectivity index (χ1n) is 8.38. The molecule has 0 aromatic rings. The standard InChI is InChI=1S/C16H31N5O.HI/c1-13(2)20(4)9-7-18-15(17-3)21-8-5-6-16(12-21)10-14(22)19-11-16;/h13H,5-12H2,1-4H3,(H,17,18)(H,19,22);1H. The van der Waals surface area contributed by atoms with Gasteiger partial charge in [0.25, 0.3) is 0 Å². The van der Waals surface area contributed by atoms with E-state index in [1.165, 1.54) is 0 Å². The highest BCUT2D eigenvalue weighted by molar-refractivity contribution is 14.0. The van der Waals surface area contributed by atoms with Gasteiger partial charge in [-0.05, 0) is 33.7 Å². The normalized spacial score (nSPS) is 25.0. The highest BCUT2D eigenvalue weighted by Crippen LogP contribution is 2.35. The molecule has 0 aromatic heterocycles. The summed E-state index contributed by atoms with van der Waals surface area (Å²) in [7, 11) is 3.98. The summed E-state index contributed by atoms with van der Waals surface area (Å²) in [5.41, 5.74) is 0.113. The molecule has 2 saturated heterocycles. The van der Waals surface area contributed by atoms with Crippen LogP contribution in [0.2, 0.25) is 0 Å². The number of amides is 1. The first kappa shape index (κ1) is 20.5. The third-order valence-electron chi connectivity index (χ3n) is 5.00. The number of piperidine rings is 1. The maximum absolute atomic E-state index is 11.6.